The van der Waals surface area contributed by atoms with E-state index in [1.807, 2.05) is 0 Å². The van der Waals surface area contributed by atoms with Crippen molar-refractivity contribution in [1.29, 1.82) is 5.41 Å². The van der Waals surface area contributed by atoms with Gasteiger partial charge in [0, 0.05) is 12.3 Å². The molecule has 1 aromatic heterocycles. The monoisotopic (exact) mass is 153 g/mol. The molecule has 0 saturated heterocycles. The van der Waals surface area contributed by atoms with Crippen LogP contribution in [0, 0.1) is 5.41 Å². The van der Waals surface area contributed by atoms with E-state index in [0.29, 0.717) is 0 Å². The van der Waals surface area contributed by atoms with Gasteiger partial charge in [0.2, 0.25) is 5.43 Å². The Kier molecular flexibility index (Phi) is 1.63. The maximum Gasteiger partial charge on any atom is 0.223 e. The number of nitrogens with two attached hydrogens (primary N) is 1. The summed E-state index contributed by atoms with van der Waals surface area (Å²) in [4.78, 5) is 13.2. The predicted octanol–water partition coefficient (Wildman–Crippen LogP) is -0.635. The molecule has 11 heavy (non-hydrogen) atoms. The number of amidine groups is 1. The minimum Gasteiger partial charge on any atom is -0.503 e. The number of aromatic hydroxyl groups is 1. The van der Waals surface area contributed by atoms with Crippen molar-refractivity contribution < 1.29 is 5.11 Å². The number of H-pyrrole nitrogens is 1. The lowest BCUT2D eigenvalue weighted by Gasteiger charge is -1.98. The van der Waals surface area contributed by atoms with Gasteiger partial charge in [-0.25, -0.2) is 0 Å². The lowest BCUT2D eigenvalue weighted by atomic mass is 10.3. The summed E-state index contributed by atoms with van der Waals surface area (Å²) in [5.74, 6) is -0.875. The molecule has 5 N–H and O–H groups in total. The van der Waals surface area contributed by atoms with E-state index in [1.54, 1.807) is 0 Å². The molecular formula is C6H7N3O2. The first-order valence-corrected chi connectivity index (χ1v) is 2.88. The summed E-state index contributed by atoms with van der Waals surface area (Å²) in [5, 5.41) is 15.9. The van der Waals surface area contributed by atoms with E-state index in [2.05, 4.69) is 4.98 Å². The smallest absolute Gasteiger partial charge is 0.223 e. The first-order valence-electron chi connectivity index (χ1n) is 2.88. The van der Waals surface area contributed by atoms with Crippen LogP contribution < -0.4 is 11.2 Å². The van der Waals surface area contributed by atoms with Crippen molar-refractivity contribution in [2.75, 3.05) is 0 Å². The Morgan fingerprint density at radius 2 is 2.36 bits per heavy atom. The lowest BCUT2D eigenvalue weighted by Crippen LogP contribution is -2.16. The van der Waals surface area contributed by atoms with Gasteiger partial charge in [-0.2, -0.15) is 0 Å². The molecule has 1 aromatic rings. The highest BCUT2D eigenvalue weighted by atomic mass is 16.3. The standard InChI is InChI=1S/C6H7N3O2/c7-6(8)4-5(11)3(10)1-2-9-4/h1-2,11H,(H3,7,8)(H,9,10). The van der Waals surface area contributed by atoms with Crippen molar-refractivity contribution in [2.45, 2.75) is 0 Å². The Morgan fingerprint density at radius 3 is 2.82 bits per heavy atom. The number of nitrogen functional groups attached to an aromatic ring is 1. The molecule has 5 nitrogen and oxygen atoms in total. The number of rotatable bonds is 1. The molecular weight excluding hydrogens is 146 g/mol. The molecule has 0 aliphatic heterocycles. The Bertz CT molecular complexity index is 342. The molecule has 0 spiro atoms. The fourth-order valence-corrected chi connectivity index (χ4v) is 0.676. The molecule has 58 valence electrons. The second kappa shape index (κ2) is 2.45. The second-order valence-corrected chi connectivity index (χ2v) is 1.98. The van der Waals surface area contributed by atoms with Crippen LogP contribution in [-0.4, -0.2) is 15.9 Å². The van der Waals surface area contributed by atoms with Gasteiger partial charge >= 0.3 is 0 Å². The van der Waals surface area contributed by atoms with Gasteiger partial charge in [-0.15, -0.1) is 0 Å². The number of pyridine rings is 1. The van der Waals surface area contributed by atoms with Crippen molar-refractivity contribution in [3.8, 4) is 5.75 Å². The number of nitrogens with one attached hydrogen (secondary N) is 2. The van der Waals surface area contributed by atoms with Gasteiger partial charge in [-0.1, -0.05) is 0 Å². The average Bonchev–Trinajstić information content (AvgIpc) is 1.94. The van der Waals surface area contributed by atoms with Gasteiger partial charge in [0.05, 0.1) is 0 Å². The van der Waals surface area contributed by atoms with Gasteiger partial charge in [-0.3, -0.25) is 10.2 Å². The summed E-state index contributed by atoms with van der Waals surface area (Å²) in [6.07, 6.45) is 1.32. The SMILES string of the molecule is N=C(N)c1[nH]ccc(=O)c1O. The molecule has 0 radical (unpaired) electrons. The van der Waals surface area contributed by atoms with E-state index >= 15 is 0 Å². The topological polar surface area (TPSA) is 103 Å². The quantitative estimate of drug-likeness (QED) is 0.319. The lowest BCUT2D eigenvalue weighted by molar-refractivity contribution is 0.466. The minimum absolute atomic E-state index is 0.0440. The highest BCUT2D eigenvalue weighted by Crippen LogP contribution is 2.04. The predicted molar refractivity (Wildman–Crippen MR) is 39.7 cm³/mol. The van der Waals surface area contributed by atoms with Gasteiger partial charge in [0.1, 0.15) is 11.5 Å². The van der Waals surface area contributed by atoms with Crippen molar-refractivity contribution in [3.63, 3.8) is 0 Å². The van der Waals surface area contributed by atoms with Gasteiger partial charge in [-0.05, 0) is 0 Å². The van der Waals surface area contributed by atoms with E-state index in [4.69, 9.17) is 16.2 Å². The molecule has 0 atom stereocenters. The highest BCUT2D eigenvalue weighted by Gasteiger charge is 2.05. The van der Waals surface area contributed by atoms with Crippen LogP contribution in [0.15, 0.2) is 17.1 Å². The van der Waals surface area contributed by atoms with Gasteiger partial charge in [0.25, 0.3) is 0 Å². The van der Waals surface area contributed by atoms with Crippen LogP contribution in [0.5, 0.6) is 5.75 Å². The third kappa shape index (κ3) is 1.21. The third-order valence-electron chi connectivity index (χ3n) is 1.20. The molecule has 1 heterocycles. The zero-order chi connectivity index (χ0) is 8.43. The van der Waals surface area contributed by atoms with Crippen LogP contribution in [0.25, 0.3) is 0 Å². The normalized spacial score (nSPS) is 9.45. The van der Waals surface area contributed by atoms with E-state index in [1.165, 1.54) is 6.20 Å². The molecule has 0 aliphatic rings. The average molecular weight is 153 g/mol. The van der Waals surface area contributed by atoms with Gasteiger partial charge < -0.3 is 15.8 Å². The molecule has 0 aliphatic carbocycles. The van der Waals surface area contributed by atoms with Crippen LogP contribution in [0.2, 0.25) is 0 Å². The maximum atomic E-state index is 10.7. The first-order chi connectivity index (χ1) is 5.13. The highest BCUT2D eigenvalue weighted by molar-refractivity contribution is 5.95. The largest absolute Gasteiger partial charge is 0.503 e. The summed E-state index contributed by atoms with van der Waals surface area (Å²) in [7, 11) is 0. The fraction of sp³-hybridized carbons (Fsp3) is 0. The van der Waals surface area contributed by atoms with Crippen LogP contribution in [0.1, 0.15) is 5.69 Å². The first kappa shape index (κ1) is 7.33. The van der Waals surface area contributed by atoms with Crippen LogP contribution in [0.4, 0.5) is 0 Å². The molecule has 0 unspecified atom stereocenters. The van der Waals surface area contributed by atoms with Crippen LogP contribution in [-0.2, 0) is 0 Å². The zero-order valence-electron chi connectivity index (χ0n) is 5.59. The molecule has 0 bridgehead atoms. The van der Waals surface area contributed by atoms with Crippen LogP contribution in [0.3, 0.4) is 0 Å². The fourth-order valence-electron chi connectivity index (χ4n) is 0.676. The van der Waals surface area contributed by atoms with Crippen LogP contribution >= 0.6 is 0 Å². The van der Waals surface area contributed by atoms with Crippen molar-refractivity contribution in [1.82, 2.24) is 4.98 Å². The Hall–Kier alpha value is -1.78. The van der Waals surface area contributed by atoms with E-state index < -0.39 is 11.2 Å². The molecule has 0 amide bonds. The summed E-state index contributed by atoms with van der Waals surface area (Å²) in [5.41, 5.74) is 4.45. The minimum atomic E-state index is -0.547. The molecule has 0 saturated carbocycles. The number of aromatic nitrogens is 1. The summed E-state index contributed by atoms with van der Waals surface area (Å²) < 4.78 is 0. The third-order valence-corrected chi connectivity index (χ3v) is 1.20. The summed E-state index contributed by atoms with van der Waals surface area (Å²) >= 11 is 0. The van der Waals surface area contributed by atoms with Crippen molar-refractivity contribution >= 4 is 5.84 Å². The molecule has 5 heteroatoms. The summed E-state index contributed by atoms with van der Waals surface area (Å²) in [6.45, 7) is 0. The van der Waals surface area contributed by atoms with E-state index in [9.17, 15) is 4.79 Å². The Morgan fingerprint density at radius 1 is 1.73 bits per heavy atom. The maximum absolute atomic E-state index is 10.7. The molecule has 0 aromatic carbocycles. The molecule has 0 fully saturated rings. The Labute approximate surface area is 62.0 Å². The number of hydrogen-bond acceptors (Lipinski definition) is 3. The van der Waals surface area contributed by atoms with Gasteiger partial charge in [0.15, 0.2) is 5.75 Å². The molecule has 1 rings (SSSR count). The van der Waals surface area contributed by atoms with E-state index in [-0.39, 0.29) is 11.5 Å². The summed E-state index contributed by atoms with van der Waals surface area (Å²) in [6, 6.07) is 1.15. The van der Waals surface area contributed by atoms with Crippen molar-refractivity contribution in [2.24, 2.45) is 5.73 Å². The number of hydrogen-bond donors (Lipinski definition) is 4. The number of aromatic amines is 1. The Balaban J connectivity index is 3.39. The second-order valence-electron chi connectivity index (χ2n) is 1.98. The zero-order valence-corrected chi connectivity index (χ0v) is 5.59. The van der Waals surface area contributed by atoms with Crippen molar-refractivity contribution in [3.05, 3.63) is 28.2 Å². The van der Waals surface area contributed by atoms with E-state index in [0.717, 1.165) is 6.07 Å².